The van der Waals surface area contributed by atoms with Crippen LogP contribution in [0.1, 0.15) is 43.1 Å². The molecule has 1 aromatic rings. The molecule has 3 N–H and O–H groups in total. The van der Waals surface area contributed by atoms with Gasteiger partial charge in [-0.1, -0.05) is 6.92 Å². The van der Waals surface area contributed by atoms with E-state index in [0.29, 0.717) is 17.4 Å². The van der Waals surface area contributed by atoms with E-state index in [1.54, 1.807) is 18.3 Å². The molecule has 1 aliphatic rings. The van der Waals surface area contributed by atoms with Gasteiger partial charge >= 0.3 is 0 Å². The Morgan fingerprint density at radius 3 is 3.00 bits per heavy atom. The fraction of sp³-hybridized carbons (Fsp3) is 0.538. The number of nitrogen functional groups attached to an aromatic ring is 1. The average molecular weight is 248 g/mol. The van der Waals surface area contributed by atoms with Crippen molar-refractivity contribution >= 4 is 11.6 Å². The van der Waals surface area contributed by atoms with Gasteiger partial charge in [-0.2, -0.15) is 0 Å². The van der Waals surface area contributed by atoms with Crippen LogP contribution in [-0.4, -0.2) is 28.4 Å². The minimum Gasteiger partial charge on any atom is -0.334 e. The topological polar surface area (TPSA) is 71.2 Å². The molecule has 0 radical (unpaired) electrons. The molecular weight excluding hydrogens is 228 g/mol. The van der Waals surface area contributed by atoms with Crippen LogP contribution >= 0.6 is 0 Å². The van der Waals surface area contributed by atoms with E-state index < -0.39 is 0 Å². The molecule has 0 aromatic carbocycles. The number of hydrogen-bond acceptors (Lipinski definition) is 4. The summed E-state index contributed by atoms with van der Waals surface area (Å²) in [5.41, 5.74) is 3.71. The summed E-state index contributed by atoms with van der Waals surface area (Å²) in [4.78, 5) is 18.5. The Bertz CT molecular complexity index is 404. The number of nitrogens with two attached hydrogens (primary N) is 1. The fourth-order valence-electron chi connectivity index (χ4n) is 2.45. The zero-order chi connectivity index (χ0) is 13.0. The van der Waals surface area contributed by atoms with Gasteiger partial charge in [0.15, 0.2) is 0 Å². The molecule has 1 atom stereocenters. The van der Waals surface area contributed by atoms with Crippen LogP contribution in [0.15, 0.2) is 18.3 Å². The minimum absolute atomic E-state index is 0.0325. The van der Waals surface area contributed by atoms with E-state index in [-0.39, 0.29) is 5.91 Å². The number of nitrogens with one attached hydrogen (secondary N) is 1. The number of piperidine rings is 1. The second-order valence-electron chi connectivity index (χ2n) is 4.63. The van der Waals surface area contributed by atoms with Crippen LogP contribution in [0.3, 0.4) is 0 Å². The van der Waals surface area contributed by atoms with E-state index in [0.717, 1.165) is 25.8 Å². The van der Waals surface area contributed by atoms with Crippen molar-refractivity contribution in [3.63, 3.8) is 0 Å². The maximum absolute atomic E-state index is 12.4. The highest BCUT2D eigenvalue weighted by atomic mass is 16.2. The second-order valence-corrected chi connectivity index (χ2v) is 4.63. The Balaban J connectivity index is 2.13. The second kappa shape index (κ2) is 5.82. The summed E-state index contributed by atoms with van der Waals surface area (Å²) in [6.45, 7) is 2.97. The summed E-state index contributed by atoms with van der Waals surface area (Å²) in [6.07, 6.45) is 5.99. The van der Waals surface area contributed by atoms with Gasteiger partial charge in [0, 0.05) is 12.6 Å². The van der Waals surface area contributed by atoms with Gasteiger partial charge in [0.2, 0.25) is 0 Å². The number of carbonyl (C=O) groups excluding carboxylic acids is 1. The molecule has 1 fully saturated rings. The number of nitrogens with zero attached hydrogens (tertiary/aromatic N) is 2. The number of likely N-dealkylation sites (tertiary alicyclic amines) is 1. The van der Waals surface area contributed by atoms with Gasteiger partial charge in [-0.25, -0.2) is 4.98 Å². The maximum Gasteiger partial charge on any atom is 0.272 e. The first-order valence-electron chi connectivity index (χ1n) is 6.50. The number of amides is 1. The third-order valence-electron chi connectivity index (χ3n) is 3.51. The van der Waals surface area contributed by atoms with Gasteiger partial charge in [-0.3, -0.25) is 10.6 Å². The van der Waals surface area contributed by atoms with Crippen molar-refractivity contribution in [1.82, 2.24) is 9.88 Å². The third kappa shape index (κ3) is 2.61. The first-order chi connectivity index (χ1) is 8.76. The SMILES string of the molecule is CCC1CCCCN1C(=O)c1ccc(NN)cn1. The monoisotopic (exact) mass is 248 g/mol. The highest BCUT2D eigenvalue weighted by Gasteiger charge is 2.26. The van der Waals surface area contributed by atoms with E-state index in [1.165, 1.54) is 6.42 Å². The van der Waals surface area contributed by atoms with Crippen LogP contribution in [-0.2, 0) is 0 Å². The predicted molar refractivity (Wildman–Crippen MR) is 71.0 cm³/mol. The van der Waals surface area contributed by atoms with Crippen LogP contribution in [0.5, 0.6) is 0 Å². The zero-order valence-corrected chi connectivity index (χ0v) is 10.7. The normalized spacial score (nSPS) is 19.7. The van der Waals surface area contributed by atoms with Crippen molar-refractivity contribution in [3.05, 3.63) is 24.0 Å². The van der Waals surface area contributed by atoms with Crippen molar-refractivity contribution in [2.45, 2.75) is 38.6 Å². The molecule has 0 spiro atoms. The van der Waals surface area contributed by atoms with Gasteiger partial charge in [0.05, 0.1) is 11.9 Å². The molecule has 98 valence electrons. The lowest BCUT2D eigenvalue weighted by atomic mass is 9.99. The summed E-state index contributed by atoms with van der Waals surface area (Å²) < 4.78 is 0. The molecular formula is C13H20N4O. The summed E-state index contributed by atoms with van der Waals surface area (Å²) >= 11 is 0. The lowest BCUT2D eigenvalue weighted by molar-refractivity contribution is 0.0602. The molecule has 5 nitrogen and oxygen atoms in total. The van der Waals surface area contributed by atoms with Gasteiger partial charge in [0.25, 0.3) is 5.91 Å². The Kier molecular flexibility index (Phi) is 4.15. The van der Waals surface area contributed by atoms with Gasteiger partial charge < -0.3 is 10.3 Å². The molecule has 5 heteroatoms. The fourth-order valence-corrected chi connectivity index (χ4v) is 2.45. The Morgan fingerprint density at radius 1 is 1.56 bits per heavy atom. The van der Waals surface area contributed by atoms with Gasteiger partial charge in [0.1, 0.15) is 5.69 Å². The predicted octanol–water partition coefficient (Wildman–Crippen LogP) is 1.77. The first-order valence-corrected chi connectivity index (χ1v) is 6.50. The van der Waals surface area contributed by atoms with E-state index in [4.69, 9.17) is 5.84 Å². The van der Waals surface area contributed by atoms with Crippen LogP contribution in [0.2, 0.25) is 0 Å². The highest BCUT2D eigenvalue weighted by Crippen LogP contribution is 2.21. The summed E-state index contributed by atoms with van der Waals surface area (Å²) in [7, 11) is 0. The quantitative estimate of drug-likeness (QED) is 0.631. The Morgan fingerprint density at radius 2 is 2.39 bits per heavy atom. The van der Waals surface area contributed by atoms with Gasteiger partial charge in [-0.15, -0.1) is 0 Å². The van der Waals surface area contributed by atoms with E-state index in [2.05, 4.69) is 17.3 Å². The molecule has 1 aliphatic heterocycles. The molecule has 0 aliphatic carbocycles. The van der Waals surface area contributed by atoms with E-state index >= 15 is 0 Å². The third-order valence-corrected chi connectivity index (χ3v) is 3.51. The van der Waals surface area contributed by atoms with Crippen LogP contribution in [0.25, 0.3) is 0 Å². The van der Waals surface area contributed by atoms with Crippen molar-refractivity contribution in [2.75, 3.05) is 12.0 Å². The first kappa shape index (κ1) is 12.8. The largest absolute Gasteiger partial charge is 0.334 e. The number of hydrazine groups is 1. The maximum atomic E-state index is 12.4. The Labute approximate surface area is 107 Å². The van der Waals surface area contributed by atoms with E-state index in [1.807, 2.05) is 4.90 Å². The van der Waals surface area contributed by atoms with Crippen LogP contribution in [0, 0.1) is 0 Å². The lowest BCUT2D eigenvalue weighted by Crippen LogP contribution is -2.43. The van der Waals surface area contributed by atoms with Gasteiger partial charge in [-0.05, 0) is 37.8 Å². The van der Waals surface area contributed by atoms with Crippen LogP contribution in [0.4, 0.5) is 5.69 Å². The van der Waals surface area contributed by atoms with E-state index in [9.17, 15) is 4.79 Å². The number of hydrogen-bond donors (Lipinski definition) is 2. The minimum atomic E-state index is 0.0325. The molecule has 0 saturated carbocycles. The standard InChI is InChI=1S/C13H20N4O/c1-2-11-5-3-4-8-17(11)13(18)12-7-6-10(16-14)9-15-12/h6-7,9,11,16H,2-5,8,14H2,1H3. The molecule has 0 bridgehead atoms. The molecule has 2 heterocycles. The number of carbonyl (C=O) groups is 1. The molecule has 1 unspecified atom stereocenters. The smallest absolute Gasteiger partial charge is 0.272 e. The van der Waals surface area contributed by atoms with Crippen molar-refractivity contribution in [2.24, 2.45) is 5.84 Å². The molecule has 1 aromatic heterocycles. The summed E-state index contributed by atoms with van der Waals surface area (Å²) in [5, 5.41) is 0. The molecule has 1 amide bonds. The average Bonchev–Trinajstić information content (AvgIpc) is 2.46. The van der Waals surface area contributed by atoms with Crippen molar-refractivity contribution in [1.29, 1.82) is 0 Å². The molecule has 2 rings (SSSR count). The summed E-state index contributed by atoms with van der Waals surface area (Å²) in [6, 6.07) is 3.85. The number of anilines is 1. The Hall–Kier alpha value is -1.62. The number of aromatic nitrogens is 1. The number of rotatable bonds is 3. The highest BCUT2D eigenvalue weighted by molar-refractivity contribution is 5.92. The lowest BCUT2D eigenvalue weighted by Gasteiger charge is -2.35. The zero-order valence-electron chi connectivity index (χ0n) is 10.7. The molecule has 1 saturated heterocycles. The van der Waals surface area contributed by atoms with Crippen LogP contribution < -0.4 is 11.3 Å². The molecule has 18 heavy (non-hydrogen) atoms. The van der Waals surface area contributed by atoms with Crippen molar-refractivity contribution < 1.29 is 4.79 Å². The summed E-state index contributed by atoms with van der Waals surface area (Å²) in [5.74, 6) is 5.31. The number of pyridine rings is 1. The van der Waals surface area contributed by atoms with Crippen molar-refractivity contribution in [3.8, 4) is 0 Å².